The summed E-state index contributed by atoms with van der Waals surface area (Å²) in [5, 5.41) is 23.1. The number of hydrogen-bond donors (Lipinski definition) is 3. The Morgan fingerprint density at radius 1 is 1.21 bits per heavy atom. The lowest BCUT2D eigenvalue weighted by Gasteiger charge is -2.43. The summed E-state index contributed by atoms with van der Waals surface area (Å²) in [5.41, 5.74) is -2.43. The first-order valence-electron chi connectivity index (χ1n) is 8.66. The van der Waals surface area contributed by atoms with E-state index in [2.05, 4.69) is 5.32 Å². The summed E-state index contributed by atoms with van der Waals surface area (Å²) in [7, 11) is 0. The van der Waals surface area contributed by atoms with Crippen molar-refractivity contribution in [1.29, 1.82) is 0 Å². The summed E-state index contributed by atoms with van der Waals surface area (Å²) in [6, 6.07) is 0. The van der Waals surface area contributed by atoms with E-state index in [9.17, 15) is 19.8 Å². The maximum atomic E-state index is 12.5. The first kappa shape index (κ1) is 19.0. The van der Waals surface area contributed by atoms with Crippen LogP contribution >= 0.6 is 0 Å². The molecule has 138 valence electrons. The molecule has 1 saturated heterocycles. The van der Waals surface area contributed by atoms with Crippen molar-refractivity contribution >= 4 is 12.0 Å². The number of nitrogens with zero attached hydrogens (tertiary/aromatic N) is 1. The molecule has 1 aliphatic heterocycles. The van der Waals surface area contributed by atoms with Crippen LogP contribution < -0.4 is 5.32 Å². The molecule has 0 aromatic heterocycles. The Morgan fingerprint density at radius 2 is 1.75 bits per heavy atom. The minimum absolute atomic E-state index is 0.181. The van der Waals surface area contributed by atoms with E-state index in [4.69, 9.17) is 4.74 Å². The van der Waals surface area contributed by atoms with Gasteiger partial charge >= 0.3 is 6.09 Å². The first-order chi connectivity index (χ1) is 11.0. The molecule has 0 bridgehead atoms. The van der Waals surface area contributed by atoms with Crippen LogP contribution in [0.25, 0.3) is 0 Å². The Hall–Kier alpha value is -1.34. The third kappa shape index (κ3) is 4.00. The third-order valence-electron chi connectivity index (χ3n) is 4.88. The van der Waals surface area contributed by atoms with Gasteiger partial charge in [0.15, 0.2) is 0 Å². The molecule has 2 amide bonds. The Balaban J connectivity index is 1.94. The minimum Gasteiger partial charge on any atom is -0.444 e. The van der Waals surface area contributed by atoms with Crippen LogP contribution in [0.1, 0.15) is 53.4 Å². The zero-order valence-electron chi connectivity index (χ0n) is 15.1. The molecule has 0 spiro atoms. The maximum Gasteiger partial charge on any atom is 0.410 e. The zero-order valence-corrected chi connectivity index (χ0v) is 15.1. The van der Waals surface area contributed by atoms with Gasteiger partial charge in [0.25, 0.3) is 0 Å². The van der Waals surface area contributed by atoms with Gasteiger partial charge in [-0.25, -0.2) is 4.79 Å². The summed E-state index contributed by atoms with van der Waals surface area (Å²) >= 11 is 0. The Morgan fingerprint density at radius 3 is 2.17 bits per heavy atom. The highest BCUT2D eigenvalue weighted by molar-refractivity contribution is 5.87. The number of hydrogen-bond acceptors (Lipinski definition) is 5. The van der Waals surface area contributed by atoms with Gasteiger partial charge in [0.2, 0.25) is 5.91 Å². The van der Waals surface area contributed by atoms with Gasteiger partial charge < -0.3 is 25.2 Å². The van der Waals surface area contributed by atoms with Crippen molar-refractivity contribution in [2.45, 2.75) is 70.7 Å². The van der Waals surface area contributed by atoms with Gasteiger partial charge in [-0.2, -0.15) is 0 Å². The zero-order chi connectivity index (χ0) is 18.2. The lowest BCUT2D eigenvalue weighted by molar-refractivity contribution is -0.143. The number of piperidine rings is 1. The average Bonchev–Trinajstić information content (AvgIpc) is 3.25. The molecule has 2 aliphatic rings. The smallest absolute Gasteiger partial charge is 0.410 e. The fraction of sp³-hybridized carbons (Fsp3) is 0.882. The van der Waals surface area contributed by atoms with Gasteiger partial charge in [0, 0.05) is 19.6 Å². The largest absolute Gasteiger partial charge is 0.444 e. The third-order valence-corrected chi connectivity index (χ3v) is 4.88. The second kappa shape index (κ2) is 6.52. The van der Waals surface area contributed by atoms with Crippen LogP contribution in [0.3, 0.4) is 0 Å². The molecule has 2 fully saturated rings. The minimum atomic E-state index is -1.10. The molecular formula is C17H30N2O5. The number of likely N-dealkylation sites (tertiary alicyclic amines) is 1. The van der Waals surface area contributed by atoms with E-state index in [1.54, 1.807) is 11.8 Å². The molecule has 1 aliphatic carbocycles. The highest BCUT2D eigenvalue weighted by atomic mass is 16.6. The van der Waals surface area contributed by atoms with Crippen molar-refractivity contribution < 1.29 is 24.5 Å². The van der Waals surface area contributed by atoms with Crippen LogP contribution in [0.2, 0.25) is 0 Å². The molecular weight excluding hydrogens is 312 g/mol. The van der Waals surface area contributed by atoms with Gasteiger partial charge in [-0.3, -0.25) is 4.79 Å². The van der Waals surface area contributed by atoms with Gasteiger partial charge in [0.1, 0.15) is 5.60 Å². The van der Waals surface area contributed by atoms with E-state index in [0.29, 0.717) is 38.8 Å². The number of aliphatic hydroxyl groups is 2. The maximum absolute atomic E-state index is 12.5. The van der Waals surface area contributed by atoms with Crippen molar-refractivity contribution in [2.24, 2.45) is 5.41 Å². The van der Waals surface area contributed by atoms with Crippen molar-refractivity contribution in [3.8, 4) is 0 Å². The average molecular weight is 342 g/mol. The fourth-order valence-corrected chi connectivity index (χ4v) is 3.30. The molecule has 0 unspecified atom stereocenters. The lowest BCUT2D eigenvalue weighted by atomic mass is 9.76. The highest BCUT2D eigenvalue weighted by Gasteiger charge is 2.64. The monoisotopic (exact) mass is 342 g/mol. The summed E-state index contributed by atoms with van der Waals surface area (Å²) in [4.78, 5) is 26.2. The van der Waals surface area contributed by atoms with Crippen molar-refractivity contribution in [1.82, 2.24) is 10.2 Å². The molecule has 7 nitrogen and oxygen atoms in total. The van der Waals surface area contributed by atoms with Gasteiger partial charge in [-0.05, 0) is 53.4 Å². The van der Waals surface area contributed by atoms with Crippen molar-refractivity contribution in [3.05, 3.63) is 0 Å². The van der Waals surface area contributed by atoms with Crippen LogP contribution in [0.4, 0.5) is 4.79 Å². The Labute approximate surface area is 143 Å². The van der Waals surface area contributed by atoms with E-state index < -0.39 is 22.7 Å². The number of ether oxygens (including phenoxy) is 1. The van der Waals surface area contributed by atoms with Crippen molar-refractivity contribution in [3.63, 3.8) is 0 Å². The molecule has 0 radical (unpaired) electrons. The van der Waals surface area contributed by atoms with E-state index in [0.717, 1.165) is 0 Å². The molecule has 0 aromatic carbocycles. The number of amides is 2. The van der Waals surface area contributed by atoms with Crippen LogP contribution in [0, 0.1) is 5.41 Å². The molecule has 1 atom stereocenters. The number of carbonyl (C=O) groups excluding carboxylic acids is 2. The molecule has 7 heteroatoms. The second-order valence-electron chi connectivity index (χ2n) is 8.14. The lowest BCUT2D eigenvalue weighted by Crippen LogP contribution is -2.56. The molecule has 24 heavy (non-hydrogen) atoms. The van der Waals surface area contributed by atoms with Crippen LogP contribution in [0.5, 0.6) is 0 Å². The van der Waals surface area contributed by atoms with Gasteiger partial charge in [-0.1, -0.05) is 0 Å². The molecule has 2 rings (SSSR count). The summed E-state index contributed by atoms with van der Waals surface area (Å²) in [6.45, 7) is 7.98. The molecule has 1 heterocycles. The number of nitrogens with one attached hydrogen (secondary N) is 1. The number of carbonyl (C=O) groups is 2. The van der Waals surface area contributed by atoms with Gasteiger partial charge in [-0.15, -0.1) is 0 Å². The fourth-order valence-electron chi connectivity index (χ4n) is 3.30. The first-order valence-corrected chi connectivity index (χ1v) is 8.66. The highest BCUT2D eigenvalue weighted by Crippen LogP contribution is 2.57. The van der Waals surface area contributed by atoms with Crippen molar-refractivity contribution in [2.75, 3.05) is 19.6 Å². The Bertz CT molecular complexity index is 486. The normalized spacial score (nSPS) is 23.3. The predicted octanol–water partition coefficient (Wildman–Crippen LogP) is 1.03. The summed E-state index contributed by atoms with van der Waals surface area (Å²) in [6.07, 6.45) is 0.993. The van der Waals surface area contributed by atoms with Crippen LogP contribution in [-0.2, 0) is 9.53 Å². The summed E-state index contributed by atoms with van der Waals surface area (Å²) < 4.78 is 5.36. The predicted molar refractivity (Wildman–Crippen MR) is 88.3 cm³/mol. The van der Waals surface area contributed by atoms with Crippen LogP contribution in [-0.4, -0.2) is 64.1 Å². The number of aliphatic hydroxyl groups excluding tert-OH is 1. The van der Waals surface area contributed by atoms with Gasteiger partial charge in [0.05, 0.1) is 17.1 Å². The SMILES string of the molecule is C[C@@H](O)CNC(=O)C1(C2(O)CCN(C(=O)OC(C)(C)C)CC2)CC1. The van der Waals surface area contributed by atoms with Crippen LogP contribution in [0.15, 0.2) is 0 Å². The van der Waals surface area contributed by atoms with E-state index >= 15 is 0 Å². The topological polar surface area (TPSA) is 99.1 Å². The molecule has 3 N–H and O–H groups in total. The quantitative estimate of drug-likeness (QED) is 0.708. The number of rotatable bonds is 4. The molecule has 0 aromatic rings. The van der Waals surface area contributed by atoms with E-state index in [-0.39, 0.29) is 18.5 Å². The second-order valence-corrected chi connectivity index (χ2v) is 8.14. The molecule has 1 saturated carbocycles. The van der Waals surface area contributed by atoms with E-state index in [1.165, 1.54) is 0 Å². The van der Waals surface area contributed by atoms with E-state index in [1.807, 2.05) is 20.8 Å². The Kier molecular flexibility index (Phi) is 5.16. The summed E-state index contributed by atoms with van der Waals surface area (Å²) in [5.74, 6) is -0.198. The standard InChI is InChI=1S/C17H30N2O5/c1-12(20)11-18-13(21)16(5-6-16)17(23)7-9-19(10-8-17)14(22)24-15(2,3)4/h12,20,23H,5-11H2,1-4H3,(H,18,21)/t12-/m1/s1.